The molecular formula is C13H16N4. The van der Waals surface area contributed by atoms with Gasteiger partial charge in [0.25, 0.3) is 0 Å². The van der Waals surface area contributed by atoms with E-state index in [2.05, 4.69) is 21.3 Å². The van der Waals surface area contributed by atoms with Crippen molar-refractivity contribution in [1.82, 2.24) is 10.3 Å². The number of hydrogen-bond acceptors (Lipinski definition) is 4. The van der Waals surface area contributed by atoms with E-state index in [0.29, 0.717) is 0 Å². The fourth-order valence-corrected chi connectivity index (χ4v) is 2.34. The number of aromatic nitrogens is 1. The Hall–Kier alpha value is -1.81. The molecule has 4 heteroatoms. The predicted octanol–water partition coefficient (Wildman–Crippen LogP) is 1.23. The molecule has 0 atom stereocenters. The zero-order valence-corrected chi connectivity index (χ0v) is 9.69. The summed E-state index contributed by atoms with van der Waals surface area (Å²) in [5, 5.41) is 4.40. The second kappa shape index (κ2) is 4.22. The average Bonchev–Trinajstić information content (AvgIpc) is 2.41. The molecule has 88 valence electrons. The third kappa shape index (κ3) is 1.80. The van der Waals surface area contributed by atoms with Gasteiger partial charge < -0.3 is 16.0 Å². The van der Waals surface area contributed by atoms with Gasteiger partial charge >= 0.3 is 0 Å². The lowest BCUT2D eigenvalue weighted by molar-refractivity contribution is 0.590. The molecule has 1 aliphatic heterocycles. The van der Waals surface area contributed by atoms with Crippen molar-refractivity contribution in [2.45, 2.75) is 0 Å². The Morgan fingerprint density at radius 2 is 2.00 bits per heavy atom. The van der Waals surface area contributed by atoms with Gasteiger partial charge in [-0.1, -0.05) is 0 Å². The largest absolute Gasteiger partial charge is 0.398 e. The fraction of sp³-hybridized carbons (Fsp3) is 0.308. The molecule has 0 saturated carbocycles. The molecule has 2 heterocycles. The van der Waals surface area contributed by atoms with Crippen LogP contribution in [0.4, 0.5) is 11.4 Å². The summed E-state index contributed by atoms with van der Waals surface area (Å²) in [6, 6.07) is 8.01. The summed E-state index contributed by atoms with van der Waals surface area (Å²) >= 11 is 0. The zero-order chi connectivity index (χ0) is 11.7. The lowest BCUT2D eigenvalue weighted by Gasteiger charge is -2.30. The van der Waals surface area contributed by atoms with Crippen LogP contribution in [0.1, 0.15) is 0 Å². The van der Waals surface area contributed by atoms with E-state index >= 15 is 0 Å². The maximum Gasteiger partial charge on any atom is 0.0955 e. The Balaban J connectivity index is 2.12. The molecule has 4 nitrogen and oxygen atoms in total. The van der Waals surface area contributed by atoms with E-state index in [1.165, 1.54) is 5.69 Å². The van der Waals surface area contributed by atoms with Crippen LogP contribution in [-0.4, -0.2) is 31.2 Å². The van der Waals surface area contributed by atoms with Gasteiger partial charge in [-0.2, -0.15) is 0 Å². The Kier molecular flexibility index (Phi) is 2.57. The number of pyridine rings is 1. The third-order valence-corrected chi connectivity index (χ3v) is 3.24. The number of nitrogens with two attached hydrogens (primary N) is 1. The van der Waals surface area contributed by atoms with E-state index in [1.54, 1.807) is 0 Å². The molecule has 1 fully saturated rings. The van der Waals surface area contributed by atoms with Crippen molar-refractivity contribution < 1.29 is 0 Å². The number of anilines is 2. The van der Waals surface area contributed by atoms with Crippen LogP contribution >= 0.6 is 0 Å². The number of piperazine rings is 1. The first-order valence-electron chi connectivity index (χ1n) is 5.95. The zero-order valence-electron chi connectivity index (χ0n) is 9.69. The number of nitrogen functional groups attached to an aromatic ring is 1. The monoisotopic (exact) mass is 228 g/mol. The van der Waals surface area contributed by atoms with E-state index < -0.39 is 0 Å². The molecule has 0 bridgehead atoms. The van der Waals surface area contributed by atoms with E-state index in [0.717, 1.165) is 42.8 Å². The average molecular weight is 228 g/mol. The highest BCUT2D eigenvalue weighted by Gasteiger charge is 2.14. The topological polar surface area (TPSA) is 54.2 Å². The van der Waals surface area contributed by atoms with E-state index in [9.17, 15) is 0 Å². The minimum atomic E-state index is 0.798. The van der Waals surface area contributed by atoms with Gasteiger partial charge in [-0.05, 0) is 24.3 Å². The van der Waals surface area contributed by atoms with E-state index in [1.807, 2.05) is 24.4 Å². The van der Waals surface area contributed by atoms with Crippen LogP contribution in [0.2, 0.25) is 0 Å². The maximum absolute atomic E-state index is 5.98. The molecule has 0 amide bonds. The maximum atomic E-state index is 5.98. The smallest absolute Gasteiger partial charge is 0.0955 e. The first kappa shape index (κ1) is 10.4. The summed E-state index contributed by atoms with van der Waals surface area (Å²) in [6.07, 6.45) is 1.83. The van der Waals surface area contributed by atoms with Gasteiger partial charge in [0.1, 0.15) is 0 Å². The molecule has 2 aromatic rings. The van der Waals surface area contributed by atoms with Crippen LogP contribution in [-0.2, 0) is 0 Å². The second-order valence-electron chi connectivity index (χ2n) is 4.31. The van der Waals surface area contributed by atoms with Crippen molar-refractivity contribution in [2.75, 3.05) is 36.8 Å². The van der Waals surface area contributed by atoms with Crippen LogP contribution in [0.3, 0.4) is 0 Å². The lowest BCUT2D eigenvalue weighted by Crippen LogP contribution is -2.43. The van der Waals surface area contributed by atoms with Crippen molar-refractivity contribution in [1.29, 1.82) is 0 Å². The molecule has 0 aliphatic carbocycles. The number of hydrogen-bond donors (Lipinski definition) is 2. The van der Waals surface area contributed by atoms with Crippen LogP contribution in [0, 0.1) is 0 Å². The summed E-state index contributed by atoms with van der Waals surface area (Å²) in [7, 11) is 0. The fourth-order valence-electron chi connectivity index (χ4n) is 2.34. The molecule has 1 aromatic carbocycles. The molecule has 1 aromatic heterocycles. The van der Waals surface area contributed by atoms with Gasteiger partial charge in [0.2, 0.25) is 0 Å². The quantitative estimate of drug-likeness (QED) is 0.721. The van der Waals surface area contributed by atoms with Gasteiger partial charge in [-0.3, -0.25) is 4.98 Å². The highest BCUT2D eigenvalue weighted by Crippen LogP contribution is 2.29. The number of rotatable bonds is 1. The van der Waals surface area contributed by atoms with Crippen molar-refractivity contribution in [2.24, 2.45) is 0 Å². The molecule has 0 spiro atoms. The van der Waals surface area contributed by atoms with Crippen molar-refractivity contribution in [3.05, 3.63) is 30.5 Å². The first-order valence-corrected chi connectivity index (χ1v) is 5.95. The molecule has 0 unspecified atom stereocenters. The normalized spacial score (nSPS) is 16.4. The van der Waals surface area contributed by atoms with Crippen molar-refractivity contribution in [3.8, 4) is 0 Å². The van der Waals surface area contributed by atoms with Gasteiger partial charge in [-0.15, -0.1) is 0 Å². The molecular weight excluding hydrogens is 212 g/mol. The Morgan fingerprint density at radius 1 is 1.18 bits per heavy atom. The highest BCUT2D eigenvalue weighted by molar-refractivity contribution is 5.98. The van der Waals surface area contributed by atoms with Crippen LogP contribution in [0.25, 0.3) is 10.9 Å². The molecule has 3 rings (SSSR count). The number of benzene rings is 1. The minimum Gasteiger partial charge on any atom is -0.398 e. The number of nitrogens with one attached hydrogen (secondary N) is 1. The van der Waals surface area contributed by atoms with Gasteiger partial charge in [0, 0.05) is 43.4 Å². The summed E-state index contributed by atoms with van der Waals surface area (Å²) < 4.78 is 0. The van der Waals surface area contributed by atoms with Crippen LogP contribution < -0.4 is 16.0 Å². The standard InChI is InChI=1S/C13H16N4/c14-11-3-4-12(17-8-6-15-7-9-17)13-10(11)2-1-5-16-13/h1-5,15H,6-9,14H2. The van der Waals surface area contributed by atoms with Gasteiger partial charge in [-0.25, -0.2) is 0 Å². The summed E-state index contributed by atoms with van der Waals surface area (Å²) in [4.78, 5) is 6.84. The third-order valence-electron chi connectivity index (χ3n) is 3.24. The molecule has 1 saturated heterocycles. The lowest BCUT2D eigenvalue weighted by atomic mass is 10.1. The van der Waals surface area contributed by atoms with Crippen molar-refractivity contribution >= 4 is 22.3 Å². The van der Waals surface area contributed by atoms with Crippen LogP contribution in [0.5, 0.6) is 0 Å². The number of nitrogens with zero attached hydrogens (tertiary/aromatic N) is 2. The molecule has 17 heavy (non-hydrogen) atoms. The van der Waals surface area contributed by atoms with Gasteiger partial charge in [0.15, 0.2) is 0 Å². The summed E-state index contributed by atoms with van der Waals surface area (Å²) in [5.74, 6) is 0. The van der Waals surface area contributed by atoms with Gasteiger partial charge in [0.05, 0.1) is 11.2 Å². The first-order chi connectivity index (χ1) is 8.36. The number of fused-ring (bicyclic) bond motifs is 1. The summed E-state index contributed by atoms with van der Waals surface area (Å²) in [6.45, 7) is 4.10. The Labute approximate surface area is 100 Å². The van der Waals surface area contributed by atoms with Crippen LogP contribution in [0.15, 0.2) is 30.5 Å². The predicted molar refractivity (Wildman–Crippen MR) is 71.2 cm³/mol. The minimum absolute atomic E-state index is 0.798. The van der Waals surface area contributed by atoms with E-state index in [-0.39, 0.29) is 0 Å². The SMILES string of the molecule is Nc1ccc(N2CCNCC2)c2ncccc12. The van der Waals surface area contributed by atoms with Crippen molar-refractivity contribution in [3.63, 3.8) is 0 Å². The van der Waals surface area contributed by atoms with E-state index in [4.69, 9.17) is 5.73 Å². The molecule has 1 aliphatic rings. The molecule has 0 radical (unpaired) electrons. The summed E-state index contributed by atoms with van der Waals surface area (Å²) in [5.41, 5.74) is 8.98. The Morgan fingerprint density at radius 3 is 2.82 bits per heavy atom. The second-order valence-corrected chi connectivity index (χ2v) is 4.31. The Bertz CT molecular complexity index is 532. The molecule has 3 N–H and O–H groups in total. The highest BCUT2D eigenvalue weighted by atomic mass is 15.2.